The van der Waals surface area contributed by atoms with Gasteiger partial charge in [-0.1, -0.05) is 36.7 Å². The van der Waals surface area contributed by atoms with Crippen LogP contribution in [0.4, 0.5) is 4.39 Å². The van der Waals surface area contributed by atoms with Crippen molar-refractivity contribution in [3.8, 4) is 11.6 Å². The molecule has 5 nitrogen and oxygen atoms in total. The van der Waals surface area contributed by atoms with E-state index in [0.29, 0.717) is 11.4 Å². The summed E-state index contributed by atoms with van der Waals surface area (Å²) in [5.41, 5.74) is 0.811. The Morgan fingerprint density at radius 2 is 1.63 bits per heavy atom. The van der Waals surface area contributed by atoms with Gasteiger partial charge in [-0.15, -0.1) is 0 Å². The summed E-state index contributed by atoms with van der Waals surface area (Å²) < 4.78 is 46.1. The van der Waals surface area contributed by atoms with Crippen LogP contribution in [0.2, 0.25) is 0 Å². The topological polar surface area (TPSA) is 61.2 Å². The number of nitrogens with zero attached hydrogens (tertiary/aromatic N) is 2. The zero-order chi connectivity index (χ0) is 19.8. The van der Waals surface area contributed by atoms with Gasteiger partial charge in [-0.25, -0.2) is 4.39 Å². The highest BCUT2D eigenvalue weighted by atomic mass is 79.9. The van der Waals surface area contributed by atoms with E-state index in [9.17, 15) is 12.8 Å². The molecular weight excluding hydrogens is 435 g/mol. The van der Waals surface area contributed by atoms with E-state index in [-0.39, 0.29) is 16.2 Å². The first-order valence-corrected chi connectivity index (χ1v) is 10.3. The maximum absolute atomic E-state index is 13.3. The summed E-state index contributed by atoms with van der Waals surface area (Å²) in [7, 11) is -4.06. The molecule has 0 fully saturated rings. The Labute approximate surface area is 166 Å². The van der Waals surface area contributed by atoms with Gasteiger partial charge in [0.2, 0.25) is 5.88 Å². The Balaban J connectivity index is 2.07. The number of halogens is 2. The Morgan fingerprint density at radius 1 is 1.04 bits per heavy atom. The zero-order valence-electron chi connectivity index (χ0n) is 15.0. The maximum Gasteiger partial charge on any atom is 0.340 e. The molecule has 1 aromatic heterocycles. The fourth-order valence-electron chi connectivity index (χ4n) is 2.32. The van der Waals surface area contributed by atoms with Gasteiger partial charge < -0.3 is 4.18 Å². The average molecular weight is 453 g/mol. The molecule has 0 aliphatic carbocycles. The normalized spacial score (nSPS) is 12.2. The lowest BCUT2D eigenvalue weighted by molar-refractivity contribution is 0.464. The number of aromatic nitrogens is 2. The molecule has 0 spiro atoms. The summed E-state index contributed by atoms with van der Waals surface area (Å²) in [5.74, 6) is -0.360. The molecule has 3 aromatic rings. The molecule has 0 saturated carbocycles. The van der Waals surface area contributed by atoms with Crippen LogP contribution in [-0.2, 0) is 15.5 Å². The third kappa shape index (κ3) is 4.39. The van der Waals surface area contributed by atoms with E-state index in [4.69, 9.17) is 4.18 Å². The van der Waals surface area contributed by atoms with Gasteiger partial charge in [-0.2, -0.15) is 18.2 Å². The molecule has 0 atom stereocenters. The third-order valence-electron chi connectivity index (χ3n) is 3.81. The second kappa shape index (κ2) is 7.09. The molecule has 1 heterocycles. The molecule has 27 heavy (non-hydrogen) atoms. The second-order valence-electron chi connectivity index (χ2n) is 7.00. The van der Waals surface area contributed by atoms with E-state index in [1.807, 2.05) is 20.8 Å². The van der Waals surface area contributed by atoms with E-state index in [1.165, 1.54) is 41.1 Å². The minimum Gasteiger partial charge on any atom is -0.358 e. The largest absolute Gasteiger partial charge is 0.358 e. The first kappa shape index (κ1) is 19.6. The average Bonchev–Trinajstić information content (AvgIpc) is 2.99. The van der Waals surface area contributed by atoms with Crippen molar-refractivity contribution in [2.75, 3.05) is 0 Å². The number of benzene rings is 2. The van der Waals surface area contributed by atoms with Gasteiger partial charge in [0.05, 0.1) is 11.4 Å². The van der Waals surface area contributed by atoms with Gasteiger partial charge in [0, 0.05) is 16.0 Å². The molecule has 0 saturated heterocycles. The monoisotopic (exact) mass is 452 g/mol. The lowest BCUT2D eigenvalue weighted by Crippen LogP contribution is -2.13. The molecule has 0 radical (unpaired) electrons. The van der Waals surface area contributed by atoms with Crippen molar-refractivity contribution in [2.24, 2.45) is 0 Å². The van der Waals surface area contributed by atoms with Gasteiger partial charge in [-0.05, 0) is 48.5 Å². The molecular formula is C19H18BrFN2O3S. The molecule has 0 N–H and O–H groups in total. The van der Waals surface area contributed by atoms with Crippen molar-refractivity contribution in [3.05, 3.63) is 70.6 Å². The summed E-state index contributed by atoms with van der Waals surface area (Å²) in [5, 5.41) is 4.47. The molecule has 8 heteroatoms. The number of hydrogen-bond acceptors (Lipinski definition) is 4. The van der Waals surface area contributed by atoms with Crippen LogP contribution < -0.4 is 4.18 Å². The molecule has 0 aliphatic rings. The van der Waals surface area contributed by atoms with Crippen LogP contribution in [0.3, 0.4) is 0 Å². The van der Waals surface area contributed by atoms with Gasteiger partial charge in [-0.3, -0.25) is 0 Å². The molecule has 0 bridgehead atoms. The van der Waals surface area contributed by atoms with E-state index in [1.54, 1.807) is 18.2 Å². The Morgan fingerprint density at radius 3 is 2.19 bits per heavy atom. The summed E-state index contributed by atoms with van der Waals surface area (Å²) in [6.07, 6.45) is 0. The standard InChI is InChI=1S/C19H18BrFN2O3S/c1-19(2,3)17-12-18(23(22-17)15-8-6-14(21)7-9-15)26-27(24,25)16-10-4-13(20)5-11-16/h4-12H,1-3H3. The number of rotatable bonds is 4. The number of hydrogen-bond donors (Lipinski definition) is 0. The van der Waals surface area contributed by atoms with E-state index >= 15 is 0 Å². The van der Waals surface area contributed by atoms with Crippen molar-refractivity contribution in [2.45, 2.75) is 31.1 Å². The molecule has 3 rings (SSSR count). The first-order valence-electron chi connectivity index (χ1n) is 8.13. The minimum absolute atomic E-state index is 0.0230. The van der Waals surface area contributed by atoms with Crippen LogP contribution in [0, 0.1) is 5.82 Å². The molecule has 0 aliphatic heterocycles. The molecule has 2 aromatic carbocycles. The smallest absolute Gasteiger partial charge is 0.340 e. The van der Waals surface area contributed by atoms with Crippen LogP contribution in [-0.4, -0.2) is 18.2 Å². The molecule has 0 unspecified atom stereocenters. The van der Waals surface area contributed by atoms with E-state index in [2.05, 4.69) is 21.0 Å². The van der Waals surface area contributed by atoms with Gasteiger partial charge >= 0.3 is 10.1 Å². The summed E-state index contributed by atoms with van der Waals surface area (Å²) in [4.78, 5) is 0.0230. The van der Waals surface area contributed by atoms with Crippen LogP contribution in [0.25, 0.3) is 5.69 Å². The predicted molar refractivity (Wildman–Crippen MR) is 104 cm³/mol. The maximum atomic E-state index is 13.3. The summed E-state index contributed by atoms with van der Waals surface area (Å²) in [6, 6.07) is 13.3. The quantitative estimate of drug-likeness (QED) is 0.531. The Bertz CT molecular complexity index is 1050. The minimum atomic E-state index is -4.06. The van der Waals surface area contributed by atoms with Crippen LogP contribution in [0.5, 0.6) is 5.88 Å². The Kier molecular flexibility index (Phi) is 5.14. The highest BCUT2D eigenvalue weighted by Gasteiger charge is 2.25. The lowest BCUT2D eigenvalue weighted by Gasteiger charge is -2.13. The highest BCUT2D eigenvalue weighted by Crippen LogP contribution is 2.29. The third-order valence-corrected chi connectivity index (χ3v) is 5.58. The second-order valence-corrected chi connectivity index (χ2v) is 9.46. The van der Waals surface area contributed by atoms with Crippen molar-refractivity contribution >= 4 is 26.0 Å². The van der Waals surface area contributed by atoms with Crippen molar-refractivity contribution in [1.82, 2.24) is 9.78 Å². The lowest BCUT2D eigenvalue weighted by atomic mass is 9.93. The van der Waals surface area contributed by atoms with E-state index < -0.39 is 15.9 Å². The summed E-state index contributed by atoms with van der Waals surface area (Å²) in [6.45, 7) is 5.87. The molecule has 0 amide bonds. The SMILES string of the molecule is CC(C)(C)c1cc(OS(=O)(=O)c2ccc(Br)cc2)n(-c2ccc(F)cc2)n1. The van der Waals surface area contributed by atoms with E-state index in [0.717, 1.165) is 4.47 Å². The van der Waals surface area contributed by atoms with Crippen LogP contribution in [0.1, 0.15) is 26.5 Å². The van der Waals surface area contributed by atoms with Gasteiger partial charge in [0.25, 0.3) is 0 Å². The van der Waals surface area contributed by atoms with Gasteiger partial charge in [0.15, 0.2) is 0 Å². The van der Waals surface area contributed by atoms with Crippen molar-refractivity contribution in [1.29, 1.82) is 0 Å². The fourth-order valence-corrected chi connectivity index (χ4v) is 3.49. The van der Waals surface area contributed by atoms with Gasteiger partial charge in [0.1, 0.15) is 10.7 Å². The van der Waals surface area contributed by atoms with Crippen molar-refractivity contribution in [3.63, 3.8) is 0 Å². The molecule has 142 valence electrons. The summed E-state index contributed by atoms with van der Waals surface area (Å²) >= 11 is 3.27. The zero-order valence-corrected chi connectivity index (χ0v) is 17.4. The van der Waals surface area contributed by atoms with Crippen LogP contribution in [0.15, 0.2) is 64.0 Å². The highest BCUT2D eigenvalue weighted by molar-refractivity contribution is 9.10. The van der Waals surface area contributed by atoms with Crippen LogP contribution >= 0.6 is 15.9 Å². The first-order chi connectivity index (χ1) is 12.6. The Hall–Kier alpha value is -2.19. The van der Waals surface area contributed by atoms with Crippen molar-refractivity contribution < 1.29 is 17.0 Å². The predicted octanol–water partition coefficient (Wildman–Crippen LogP) is 4.84. The fraction of sp³-hybridized carbons (Fsp3) is 0.211.